The maximum Gasteiger partial charge on any atom is 0.307 e. The van der Waals surface area contributed by atoms with Crippen LogP contribution in [0.5, 0.6) is 0 Å². The van der Waals surface area contributed by atoms with E-state index >= 15 is 0 Å². The van der Waals surface area contributed by atoms with E-state index in [1.54, 1.807) is 4.90 Å². The maximum absolute atomic E-state index is 12.7. The van der Waals surface area contributed by atoms with Gasteiger partial charge in [-0.3, -0.25) is 9.59 Å². The van der Waals surface area contributed by atoms with Crippen molar-refractivity contribution in [1.29, 1.82) is 0 Å². The van der Waals surface area contributed by atoms with Crippen LogP contribution in [0.1, 0.15) is 28.8 Å². The van der Waals surface area contributed by atoms with Crippen molar-refractivity contribution in [3.05, 3.63) is 35.4 Å². The molecule has 0 atom stereocenters. The number of benzene rings is 1. The molecule has 0 bridgehead atoms. The Hall–Kier alpha value is -1.88. The molecule has 0 unspecified atom stereocenters. The van der Waals surface area contributed by atoms with Crippen LogP contribution in [0.2, 0.25) is 0 Å². The highest BCUT2D eigenvalue weighted by molar-refractivity contribution is 5.95. The lowest BCUT2D eigenvalue weighted by molar-refractivity contribution is -0.140. The van der Waals surface area contributed by atoms with E-state index in [2.05, 4.69) is 9.64 Å². The molecule has 0 N–H and O–H groups in total. The molecular formula is C17H26N2O3. The topological polar surface area (TPSA) is 49.9 Å². The summed E-state index contributed by atoms with van der Waals surface area (Å²) >= 11 is 0. The smallest absolute Gasteiger partial charge is 0.307 e. The normalized spacial score (nSPS) is 10.6. The molecule has 1 aromatic rings. The van der Waals surface area contributed by atoms with E-state index in [1.807, 2.05) is 45.3 Å². The first-order valence-electron chi connectivity index (χ1n) is 7.52. The van der Waals surface area contributed by atoms with Gasteiger partial charge < -0.3 is 14.5 Å². The highest BCUT2D eigenvalue weighted by Gasteiger charge is 2.18. The van der Waals surface area contributed by atoms with Crippen LogP contribution >= 0.6 is 0 Å². The van der Waals surface area contributed by atoms with Crippen LogP contribution in [0.15, 0.2) is 24.3 Å². The predicted octanol–water partition coefficient (Wildman–Crippen LogP) is 1.95. The summed E-state index contributed by atoms with van der Waals surface area (Å²) in [7, 11) is 5.37. The molecule has 0 aromatic heterocycles. The standard InChI is InChI=1S/C17H26N2O3/c1-14-8-5-6-9-15(14)17(21)19(12-7-11-18(2)3)13-10-16(20)22-4/h5-6,8-9H,7,10-13H2,1-4H3. The SMILES string of the molecule is COC(=O)CCN(CCCN(C)C)C(=O)c1ccccc1C. The van der Waals surface area contributed by atoms with Gasteiger partial charge in [0.1, 0.15) is 0 Å². The minimum Gasteiger partial charge on any atom is -0.469 e. The van der Waals surface area contributed by atoms with E-state index in [-0.39, 0.29) is 18.3 Å². The van der Waals surface area contributed by atoms with Crippen molar-refractivity contribution >= 4 is 11.9 Å². The summed E-state index contributed by atoms with van der Waals surface area (Å²) in [4.78, 5) is 27.9. The summed E-state index contributed by atoms with van der Waals surface area (Å²) in [5, 5.41) is 0. The summed E-state index contributed by atoms with van der Waals surface area (Å²) in [5.74, 6) is -0.323. The first-order chi connectivity index (χ1) is 10.5. The molecule has 122 valence electrons. The zero-order valence-electron chi connectivity index (χ0n) is 14.0. The van der Waals surface area contributed by atoms with Gasteiger partial charge in [0, 0.05) is 18.7 Å². The molecule has 0 fully saturated rings. The second kappa shape index (κ2) is 9.20. The van der Waals surface area contributed by atoms with Gasteiger partial charge in [0.2, 0.25) is 0 Å². The number of esters is 1. The van der Waals surface area contributed by atoms with Crippen molar-refractivity contribution in [2.45, 2.75) is 19.8 Å². The van der Waals surface area contributed by atoms with Crippen molar-refractivity contribution in [3.63, 3.8) is 0 Å². The number of ether oxygens (including phenoxy) is 1. The summed E-state index contributed by atoms with van der Waals surface area (Å²) in [6.07, 6.45) is 1.09. The molecule has 22 heavy (non-hydrogen) atoms. The lowest BCUT2D eigenvalue weighted by atomic mass is 10.1. The number of aryl methyl sites for hydroxylation is 1. The van der Waals surface area contributed by atoms with Crippen LogP contribution in [-0.4, -0.2) is 62.5 Å². The van der Waals surface area contributed by atoms with Gasteiger partial charge in [-0.1, -0.05) is 18.2 Å². The van der Waals surface area contributed by atoms with Gasteiger partial charge in [0.25, 0.3) is 5.91 Å². The Balaban J connectivity index is 2.76. The van der Waals surface area contributed by atoms with E-state index in [0.717, 1.165) is 18.5 Å². The monoisotopic (exact) mass is 306 g/mol. The van der Waals surface area contributed by atoms with Crippen LogP contribution in [0.4, 0.5) is 0 Å². The average Bonchev–Trinajstić information content (AvgIpc) is 2.49. The summed E-state index contributed by atoms with van der Waals surface area (Å²) in [6, 6.07) is 7.52. The van der Waals surface area contributed by atoms with Crippen molar-refractivity contribution < 1.29 is 14.3 Å². The number of amides is 1. The molecule has 5 heteroatoms. The third kappa shape index (κ3) is 5.85. The van der Waals surface area contributed by atoms with Crippen LogP contribution in [-0.2, 0) is 9.53 Å². The van der Waals surface area contributed by atoms with Crippen LogP contribution in [0, 0.1) is 6.92 Å². The van der Waals surface area contributed by atoms with Crippen LogP contribution in [0.3, 0.4) is 0 Å². The molecule has 0 aliphatic carbocycles. The Morgan fingerprint density at radius 3 is 2.36 bits per heavy atom. The van der Waals surface area contributed by atoms with E-state index in [9.17, 15) is 9.59 Å². The van der Waals surface area contributed by atoms with Crippen molar-refractivity contribution in [2.24, 2.45) is 0 Å². The molecule has 0 aliphatic heterocycles. The molecule has 0 saturated heterocycles. The van der Waals surface area contributed by atoms with Gasteiger partial charge in [-0.05, 0) is 45.6 Å². The van der Waals surface area contributed by atoms with Gasteiger partial charge in [0.05, 0.1) is 13.5 Å². The van der Waals surface area contributed by atoms with Gasteiger partial charge in [-0.25, -0.2) is 0 Å². The first kappa shape index (κ1) is 18.2. The third-order valence-electron chi connectivity index (χ3n) is 3.51. The molecule has 5 nitrogen and oxygen atoms in total. The molecule has 0 heterocycles. The summed E-state index contributed by atoms with van der Waals surface area (Å²) in [6.45, 7) is 3.83. The Labute approximate surface area is 132 Å². The van der Waals surface area contributed by atoms with Crippen molar-refractivity contribution in [2.75, 3.05) is 40.8 Å². The molecule has 0 spiro atoms. The third-order valence-corrected chi connectivity index (χ3v) is 3.51. The number of nitrogens with zero attached hydrogens (tertiary/aromatic N) is 2. The molecule has 0 radical (unpaired) electrons. The van der Waals surface area contributed by atoms with Crippen LogP contribution < -0.4 is 0 Å². The van der Waals surface area contributed by atoms with E-state index in [0.29, 0.717) is 18.7 Å². The average molecular weight is 306 g/mol. The van der Waals surface area contributed by atoms with Gasteiger partial charge in [-0.2, -0.15) is 0 Å². The highest BCUT2D eigenvalue weighted by atomic mass is 16.5. The number of hydrogen-bond donors (Lipinski definition) is 0. The largest absolute Gasteiger partial charge is 0.469 e. The number of rotatable bonds is 8. The van der Waals surface area contributed by atoms with Crippen molar-refractivity contribution in [1.82, 2.24) is 9.80 Å². The molecular weight excluding hydrogens is 280 g/mol. The fraction of sp³-hybridized carbons (Fsp3) is 0.529. The molecule has 0 saturated carbocycles. The van der Waals surface area contributed by atoms with E-state index < -0.39 is 0 Å². The molecule has 0 aliphatic rings. The number of carbonyl (C=O) groups is 2. The second-order valence-electron chi connectivity index (χ2n) is 5.59. The van der Waals surface area contributed by atoms with Crippen molar-refractivity contribution in [3.8, 4) is 0 Å². The quantitative estimate of drug-likeness (QED) is 0.689. The van der Waals surface area contributed by atoms with E-state index in [4.69, 9.17) is 0 Å². The minimum absolute atomic E-state index is 0.0271. The fourth-order valence-electron chi connectivity index (χ4n) is 2.20. The van der Waals surface area contributed by atoms with E-state index in [1.165, 1.54) is 7.11 Å². The predicted molar refractivity (Wildman–Crippen MR) is 86.9 cm³/mol. The summed E-state index contributed by atoms with van der Waals surface area (Å²) in [5.41, 5.74) is 1.64. The van der Waals surface area contributed by atoms with Crippen LogP contribution in [0.25, 0.3) is 0 Å². The second-order valence-corrected chi connectivity index (χ2v) is 5.59. The lowest BCUT2D eigenvalue weighted by Gasteiger charge is -2.24. The first-order valence-corrected chi connectivity index (χ1v) is 7.52. The zero-order chi connectivity index (χ0) is 16.5. The van der Waals surface area contributed by atoms with Gasteiger partial charge in [0.15, 0.2) is 0 Å². The Bertz CT molecular complexity index is 500. The number of methoxy groups -OCH3 is 1. The van der Waals surface area contributed by atoms with Gasteiger partial charge in [-0.15, -0.1) is 0 Å². The number of carbonyl (C=O) groups excluding carboxylic acids is 2. The Kier molecular flexibility index (Phi) is 7.60. The Morgan fingerprint density at radius 2 is 1.77 bits per heavy atom. The molecule has 1 rings (SSSR count). The number of hydrogen-bond acceptors (Lipinski definition) is 4. The zero-order valence-corrected chi connectivity index (χ0v) is 14.0. The fourth-order valence-corrected chi connectivity index (χ4v) is 2.20. The molecule has 1 aromatic carbocycles. The molecule has 1 amide bonds. The summed E-state index contributed by atoms with van der Waals surface area (Å²) < 4.78 is 4.67. The minimum atomic E-state index is -0.296. The lowest BCUT2D eigenvalue weighted by Crippen LogP contribution is -2.35. The highest BCUT2D eigenvalue weighted by Crippen LogP contribution is 2.12. The maximum atomic E-state index is 12.7. The Morgan fingerprint density at radius 1 is 1.09 bits per heavy atom. The van der Waals surface area contributed by atoms with Gasteiger partial charge >= 0.3 is 5.97 Å².